The number of carbonyl (C=O) groups excluding carboxylic acids is 1. The number of aryl methyl sites for hydroxylation is 1. The Labute approximate surface area is 66.2 Å². The topological polar surface area (TPSA) is 29.1 Å². The molecule has 1 N–H and O–H groups in total. The van der Waals surface area contributed by atoms with Crippen LogP contribution >= 0.6 is 0 Å². The molecule has 0 aliphatic heterocycles. The Bertz CT molecular complexity index is 268. The highest BCUT2D eigenvalue weighted by Gasteiger charge is 2.00. The molecule has 1 aromatic carbocycles. The van der Waals surface area contributed by atoms with Crippen LogP contribution in [0.2, 0.25) is 0 Å². The molecule has 0 spiro atoms. The molecule has 0 saturated heterocycles. The maximum absolute atomic E-state index is 11.1. The number of hydrogen-bond donors (Lipinski definition) is 1. The Hall–Kier alpha value is -1.31. The molecule has 11 heavy (non-hydrogen) atoms. The van der Waals surface area contributed by atoms with Gasteiger partial charge in [0.2, 0.25) is 0 Å². The highest BCUT2D eigenvalue weighted by molar-refractivity contribution is 5.94. The van der Waals surface area contributed by atoms with Crippen molar-refractivity contribution in [3.63, 3.8) is 0 Å². The Morgan fingerprint density at radius 1 is 1.45 bits per heavy atom. The highest BCUT2D eigenvalue weighted by atomic mass is 16.1. The molecule has 1 rings (SSSR count). The zero-order valence-corrected chi connectivity index (χ0v) is 6.72. The predicted octanol–water partition coefficient (Wildman–Crippen LogP) is 1.35. The van der Waals surface area contributed by atoms with Gasteiger partial charge >= 0.3 is 0 Å². The van der Waals surface area contributed by atoms with E-state index in [1.165, 1.54) is 0 Å². The van der Waals surface area contributed by atoms with E-state index in [2.05, 4.69) is 5.32 Å². The number of carbonyl (C=O) groups is 1. The third-order valence-corrected chi connectivity index (χ3v) is 1.51. The van der Waals surface area contributed by atoms with Crippen LogP contribution in [0.25, 0.3) is 0 Å². The SMILES string of the molecule is CNC(=O)c1cccc(C)c1. The zero-order valence-electron chi connectivity index (χ0n) is 6.72. The second-order valence-electron chi connectivity index (χ2n) is 2.45. The predicted molar refractivity (Wildman–Crippen MR) is 44.6 cm³/mol. The van der Waals surface area contributed by atoms with Crippen molar-refractivity contribution in [1.29, 1.82) is 0 Å². The van der Waals surface area contributed by atoms with Crippen LogP contribution in [0.1, 0.15) is 15.9 Å². The average molecular weight is 149 g/mol. The van der Waals surface area contributed by atoms with Gasteiger partial charge in [0.15, 0.2) is 0 Å². The molecule has 0 atom stereocenters. The van der Waals surface area contributed by atoms with Gasteiger partial charge in [-0.1, -0.05) is 17.7 Å². The second-order valence-corrected chi connectivity index (χ2v) is 2.45. The summed E-state index contributed by atoms with van der Waals surface area (Å²) in [6.07, 6.45) is 0. The number of benzene rings is 1. The van der Waals surface area contributed by atoms with Crippen molar-refractivity contribution >= 4 is 5.91 Å². The smallest absolute Gasteiger partial charge is 0.251 e. The van der Waals surface area contributed by atoms with Gasteiger partial charge < -0.3 is 5.32 Å². The number of hydrogen-bond acceptors (Lipinski definition) is 1. The van der Waals surface area contributed by atoms with Crippen LogP contribution < -0.4 is 5.32 Å². The first-order valence-corrected chi connectivity index (χ1v) is 3.53. The van der Waals surface area contributed by atoms with Gasteiger partial charge in [-0.15, -0.1) is 0 Å². The van der Waals surface area contributed by atoms with Gasteiger partial charge in [0.05, 0.1) is 0 Å². The lowest BCUT2D eigenvalue weighted by atomic mass is 10.1. The van der Waals surface area contributed by atoms with Crippen molar-refractivity contribution < 1.29 is 4.79 Å². The maximum atomic E-state index is 11.1. The van der Waals surface area contributed by atoms with Crippen molar-refractivity contribution in [3.05, 3.63) is 35.4 Å². The van der Waals surface area contributed by atoms with E-state index in [0.29, 0.717) is 5.56 Å². The summed E-state index contributed by atoms with van der Waals surface area (Å²) in [7, 11) is 1.63. The molecule has 0 aromatic heterocycles. The van der Waals surface area contributed by atoms with Crippen molar-refractivity contribution in [2.24, 2.45) is 0 Å². The minimum absolute atomic E-state index is 0.0336. The Morgan fingerprint density at radius 2 is 2.18 bits per heavy atom. The van der Waals surface area contributed by atoms with Crippen LogP contribution in [0.4, 0.5) is 0 Å². The van der Waals surface area contributed by atoms with Gasteiger partial charge in [-0.25, -0.2) is 0 Å². The van der Waals surface area contributed by atoms with Crippen LogP contribution in [0.15, 0.2) is 24.3 Å². The molecule has 0 fully saturated rings. The fraction of sp³-hybridized carbons (Fsp3) is 0.222. The molecule has 0 radical (unpaired) electrons. The largest absolute Gasteiger partial charge is 0.355 e. The molecule has 2 heteroatoms. The van der Waals surface area contributed by atoms with E-state index in [1.54, 1.807) is 13.1 Å². The Morgan fingerprint density at radius 3 is 2.73 bits per heavy atom. The van der Waals surface area contributed by atoms with Crippen molar-refractivity contribution in [1.82, 2.24) is 5.32 Å². The summed E-state index contributed by atoms with van der Waals surface area (Å²) >= 11 is 0. The molecule has 0 aliphatic rings. The van der Waals surface area contributed by atoms with Gasteiger partial charge in [-0.2, -0.15) is 0 Å². The molecule has 0 aliphatic carbocycles. The van der Waals surface area contributed by atoms with Crippen LogP contribution in [0.5, 0.6) is 0 Å². The average Bonchev–Trinajstić information content (AvgIpc) is 2.03. The Balaban J connectivity index is 2.96. The van der Waals surface area contributed by atoms with E-state index in [4.69, 9.17) is 0 Å². The Kier molecular flexibility index (Phi) is 2.26. The highest BCUT2D eigenvalue weighted by Crippen LogP contribution is 2.02. The second kappa shape index (κ2) is 3.19. The van der Waals surface area contributed by atoms with Gasteiger partial charge in [0.25, 0.3) is 5.91 Å². The molecule has 0 heterocycles. The number of rotatable bonds is 1. The van der Waals surface area contributed by atoms with E-state index < -0.39 is 0 Å². The van der Waals surface area contributed by atoms with Crippen molar-refractivity contribution in [2.75, 3.05) is 7.05 Å². The van der Waals surface area contributed by atoms with Crippen LogP contribution in [-0.4, -0.2) is 13.0 Å². The summed E-state index contributed by atoms with van der Waals surface area (Å²) in [6.45, 7) is 1.96. The van der Waals surface area contributed by atoms with Crippen LogP contribution in [0, 0.1) is 6.92 Å². The third-order valence-electron chi connectivity index (χ3n) is 1.51. The fourth-order valence-electron chi connectivity index (χ4n) is 0.931. The van der Waals surface area contributed by atoms with Gasteiger partial charge in [0.1, 0.15) is 0 Å². The summed E-state index contributed by atoms with van der Waals surface area (Å²) in [4.78, 5) is 11.1. The van der Waals surface area contributed by atoms with Crippen molar-refractivity contribution in [2.45, 2.75) is 6.92 Å². The standard InChI is InChI=1S/C9H11NO/c1-7-4-3-5-8(6-7)9(11)10-2/h3-6H,1-2H3,(H,10,11). The lowest BCUT2D eigenvalue weighted by Gasteiger charge is -1.99. The maximum Gasteiger partial charge on any atom is 0.251 e. The van der Waals surface area contributed by atoms with E-state index >= 15 is 0 Å². The molecule has 0 saturated carbocycles. The third kappa shape index (κ3) is 1.80. The molecular weight excluding hydrogens is 138 g/mol. The van der Waals surface area contributed by atoms with E-state index in [1.807, 2.05) is 25.1 Å². The summed E-state index contributed by atoms with van der Waals surface area (Å²) in [5, 5.41) is 2.57. The summed E-state index contributed by atoms with van der Waals surface area (Å²) in [5.74, 6) is -0.0336. The molecule has 1 amide bonds. The van der Waals surface area contributed by atoms with Crippen LogP contribution in [0.3, 0.4) is 0 Å². The van der Waals surface area contributed by atoms with E-state index in [9.17, 15) is 4.79 Å². The molecule has 2 nitrogen and oxygen atoms in total. The van der Waals surface area contributed by atoms with Gasteiger partial charge in [-0.3, -0.25) is 4.79 Å². The zero-order chi connectivity index (χ0) is 8.27. The minimum atomic E-state index is -0.0336. The van der Waals surface area contributed by atoms with E-state index in [0.717, 1.165) is 5.56 Å². The first-order valence-electron chi connectivity index (χ1n) is 3.53. The van der Waals surface area contributed by atoms with Gasteiger partial charge in [0, 0.05) is 12.6 Å². The first-order chi connectivity index (χ1) is 5.24. The normalized spacial score (nSPS) is 9.27. The van der Waals surface area contributed by atoms with Crippen molar-refractivity contribution in [3.8, 4) is 0 Å². The number of nitrogens with one attached hydrogen (secondary N) is 1. The van der Waals surface area contributed by atoms with Gasteiger partial charge in [-0.05, 0) is 19.1 Å². The van der Waals surface area contributed by atoms with E-state index in [-0.39, 0.29) is 5.91 Å². The summed E-state index contributed by atoms with van der Waals surface area (Å²) in [5.41, 5.74) is 1.82. The number of amides is 1. The lowest BCUT2D eigenvalue weighted by Crippen LogP contribution is -2.17. The van der Waals surface area contributed by atoms with Crippen LogP contribution in [-0.2, 0) is 0 Å². The molecular formula is C9H11NO. The lowest BCUT2D eigenvalue weighted by molar-refractivity contribution is 0.0963. The molecule has 0 bridgehead atoms. The molecule has 1 aromatic rings. The fourth-order valence-corrected chi connectivity index (χ4v) is 0.931. The monoisotopic (exact) mass is 149 g/mol. The molecule has 0 unspecified atom stereocenters. The first kappa shape index (κ1) is 7.79. The molecule has 58 valence electrons. The minimum Gasteiger partial charge on any atom is -0.355 e. The quantitative estimate of drug-likeness (QED) is 0.641. The summed E-state index contributed by atoms with van der Waals surface area (Å²) < 4.78 is 0. The summed E-state index contributed by atoms with van der Waals surface area (Å²) in [6, 6.07) is 7.50.